The molecule has 1 N–H and O–H groups in total. The molecule has 0 bridgehead atoms. The zero-order valence-corrected chi connectivity index (χ0v) is 12.2. The fourth-order valence-electron chi connectivity index (χ4n) is 2.58. The quantitative estimate of drug-likeness (QED) is 0.845. The summed E-state index contributed by atoms with van der Waals surface area (Å²) in [6.45, 7) is 0.459. The Morgan fingerprint density at radius 1 is 1.50 bits per heavy atom. The molecule has 6 heteroatoms. The molecule has 2 atom stereocenters. The Hall–Kier alpha value is -1.40. The molecule has 2 rings (SSSR count). The molecule has 112 valence electrons. The van der Waals surface area contributed by atoms with E-state index in [1.807, 2.05) is 13.1 Å². The summed E-state index contributed by atoms with van der Waals surface area (Å²) in [5.41, 5.74) is 0.949. The fourth-order valence-corrected chi connectivity index (χ4v) is 2.58. The third-order valence-electron chi connectivity index (χ3n) is 3.76. The summed E-state index contributed by atoms with van der Waals surface area (Å²) < 4.78 is 12.6. The van der Waals surface area contributed by atoms with E-state index in [-0.39, 0.29) is 24.7 Å². The van der Waals surface area contributed by atoms with Gasteiger partial charge in [0.05, 0.1) is 24.4 Å². The van der Waals surface area contributed by atoms with Gasteiger partial charge in [-0.05, 0) is 18.9 Å². The first-order chi connectivity index (χ1) is 9.70. The first kappa shape index (κ1) is 15.0. The predicted molar refractivity (Wildman–Crippen MR) is 74.1 cm³/mol. The Bertz CT molecular complexity index is 433. The number of nitrogens with zero attached hydrogens (tertiary/aromatic N) is 2. The molecule has 0 aromatic carbocycles. The highest BCUT2D eigenvalue weighted by atomic mass is 16.5. The minimum Gasteiger partial charge on any atom is -0.379 e. The largest absolute Gasteiger partial charge is 0.379 e. The third-order valence-corrected chi connectivity index (χ3v) is 3.76. The average Bonchev–Trinajstić information content (AvgIpc) is 2.85. The molecule has 1 saturated carbocycles. The van der Waals surface area contributed by atoms with Crippen LogP contribution in [-0.4, -0.2) is 41.6 Å². The molecule has 1 fully saturated rings. The second-order valence-corrected chi connectivity index (χ2v) is 5.17. The average molecular weight is 281 g/mol. The maximum atomic E-state index is 11.9. The van der Waals surface area contributed by atoms with Crippen molar-refractivity contribution in [3.05, 3.63) is 18.0 Å². The van der Waals surface area contributed by atoms with E-state index in [1.54, 1.807) is 18.0 Å². The van der Waals surface area contributed by atoms with Crippen LogP contribution in [0, 0.1) is 0 Å². The van der Waals surface area contributed by atoms with E-state index >= 15 is 0 Å². The number of hydrogen-bond acceptors (Lipinski definition) is 4. The lowest BCUT2D eigenvalue weighted by Gasteiger charge is -2.30. The van der Waals surface area contributed by atoms with Crippen molar-refractivity contribution in [3.63, 3.8) is 0 Å². The Morgan fingerprint density at radius 3 is 3.00 bits per heavy atom. The van der Waals surface area contributed by atoms with Gasteiger partial charge in [0.25, 0.3) is 0 Å². The van der Waals surface area contributed by atoms with Gasteiger partial charge in [0.2, 0.25) is 5.91 Å². The molecule has 1 aromatic heterocycles. The zero-order chi connectivity index (χ0) is 14.4. The van der Waals surface area contributed by atoms with E-state index < -0.39 is 0 Å². The third kappa shape index (κ3) is 4.05. The van der Waals surface area contributed by atoms with Crippen LogP contribution in [0.3, 0.4) is 0 Å². The number of rotatable bonds is 6. The second-order valence-electron chi connectivity index (χ2n) is 5.17. The van der Waals surface area contributed by atoms with Gasteiger partial charge in [0.1, 0.15) is 6.61 Å². The summed E-state index contributed by atoms with van der Waals surface area (Å²) in [5, 5.41) is 7.05. The van der Waals surface area contributed by atoms with Crippen molar-refractivity contribution in [2.45, 2.75) is 44.4 Å². The van der Waals surface area contributed by atoms with Crippen molar-refractivity contribution in [2.24, 2.45) is 7.05 Å². The maximum Gasteiger partial charge on any atom is 0.246 e. The number of carbonyl (C=O) groups is 1. The number of aromatic nitrogens is 2. The van der Waals surface area contributed by atoms with Crippen LogP contribution in [0.2, 0.25) is 0 Å². The number of hydrogen-bond donors (Lipinski definition) is 1. The molecule has 0 saturated heterocycles. The summed E-state index contributed by atoms with van der Waals surface area (Å²) in [4.78, 5) is 11.9. The van der Waals surface area contributed by atoms with E-state index in [0.717, 1.165) is 25.0 Å². The lowest BCUT2D eigenvalue weighted by atomic mass is 9.92. The topological polar surface area (TPSA) is 65.4 Å². The Labute approximate surface area is 119 Å². The van der Waals surface area contributed by atoms with Gasteiger partial charge in [0, 0.05) is 20.4 Å². The summed E-state index contributed by atoms with van der Waals surface area (Å²) in [6.07, 6.45) is 6.14. The summed E-state index contributed by atoms with van der Waals surface area (Å²) in [6, 6.07) is 1.99. The lowest BCUT2D eigenvalue weighted by Crippen LogP contribution is -2.47. The van der Waals surface area contributed by atoms with Crippen molar-refractivity contribution in [2.75, 3.05) is 13.7 Å². The van der Waals surface area contributed by atoms with Crippen molar-refractivity contribution in [3.8, 4) is 0 Å². The van der Waals surface area contributed by atoms with Crippen LogP contribution in [0.1, 0.15) is 31.4 Å². The minimum absolute atomic E-state index is 0.0676. The van der Waals surface area contributed by atoms with Gasteiger partial charge in [-0.2, -0.15) is 5.10 Å². The predicted octanol–water partition coefficient (Wildman–Crippen LogP) is 1.01. The summed E-state index contributed by atoms with van der Waals surface area (Å²) in [7, 11) is 3.55. The number of nitrogens with one attached hydrogen (secondary N) is 1. The van der Waals surface area contributed by atoms with Crippen LogP contribution in [0.5, 0.6) is 0 Å². The molecule has 0 spiro atoms. The van der Waals surface area contributed by atoms with E-state index in [9.17, 15) is 4.79 Å². The Morgan fingerprint density at radius 2 is 2.30 bits per heavy atom. The van der Waals surface area contributed by atoms with Crippen LogP contribution in [0.25, 0.3) is 0 Å². The number of amides is 1. The van der Waals surface area contributed by atoms with Crippen LogP contribution in [0.4, 0.5) is 0 Å². The second kappa shape index (κ2) is 7.40. The molecular formula is C14H23N3O3. The molecule has 0 radical (unpaired) electrons. The van der Waals surface area contributed by atoms with Crippen LogP contribution in [-0.2, 0) is 27.9 Å². The zero-order valence-electron chi connectivity index (χ0n) is 12.2. The van der Waals surface area contributed by atoms with E-state index in [0.29, 0.717) is 6.61 Å². The molecule has 1 heterocycles. The van der Waals surface area contributed by atoms with Crippen LogP contribution in [0.15, 0.2) is 12.3 Å². The monoisotopic (exact) mass is 281 g/mol. The van der Waals surface area contributed by atoms with Gasteiger partial charge < -0.3 is 14.8 Å². The summed E-state index contributed by atoms with van der Waals surface area (Å²) >= 11 is 0. The summed E-state index contributed by atoms with van der Waals surface area (Å²) in [5.74, 6) is -0.0823. The molecular weight excluding hydrogens is 258 g/mol. The molecule has 0 aliphatic heterocycles. The van der Waals surface area contributed by atoms with Crippen molar-refractivity contribution in [1.82, 2.24) is 15.1 Å². The normalized spacial score (nSPS) is 22.7. The number of aryl methyl sites for hydroxylation is 1. The van der Waals surface area contributed by atoms with Crippen molar-refractivity contribution >= 4 is 5.91 Å². The highest BCUT2D eigenvalue weighted by molar-refractivity contribution is 5.77. The van der Waals surface area contributed by atoms with Gasteiger partial charge in [-0.1, -0.05) is 12.8 Å². The standard InChI is InChI=1S/C14H23N3O3/c1-17-11(7-8-15-17)9-20-10-14(18)16-12-5-3-4-6-13(12)19-2/h7-8,12-13H,3-6,9-10H2,1-2H3,(H,16,18)/t12-,13+/m1/s1. The van der Waals surface area contributed by atoms with Crippen LogP contribution >= 0.6 is 0 Å². The van der Waals surface area contributed by atoms with Gasteiger partial charge in [-0.15, -0.1) is 0 Å². The number of ether oxygens (including phenoxy) is 2. The van der Waals surface area contributed by atoms with Crippen molar-refractivity contribution < 1.29 is 14.3 Å². The smallest absolute Gasteiger partial charge is 0.246 e. The highest BCUT2D eigenvalue weighted by Crippen LogP contribution is 2.20. The Kier molecular flexibility index (Phi) is 5.55. The van der Waals surface area contributed by atoms with Gasteiger partial charge in [0.15, 0.2) is 0 Å². The van der Waals surface area contributed by atoms with Crippen molar-refractivity contribution in [1.29, 1.82) is 0 Å². The molecule has 1 aliphatic carbocycles. The SMILES string of the molecule is CO[C@H]1CCCC[C@H]1NC(=O)COCc1ccnn1C. The molecule has 6 nitrogen and oxygen atoms in total. The first-order valence-corrected chi connectivity index (χ1v) is 7.07. The van der Waals surface area contributed by atoms with E-state index in [4.69, 9.17) is 9.47 Å². The molecule has 0 unspecified atom stereocenters. The Balaban J connectivity index is 1.71. The maximum absolute atomic E-state index is 11.9. The fraction of sp³-hybridized carbons (Fsp3) is 0.714. The highest BCUT2D eigenvalue weighted by Gasteiger charge is 2.26. The molecule has 20 heavy (non-hydrogen) atoms. The van der Waals surface area contributed by atoms with Gasteiger partial charge in [-0.25, -0.2) is 0 Å². The molecule has 1 amide bonds. The van der Waals surface area contributed by atoms with E-state index in [1.165, 1.54) is 6.42 Å². The number of carbonyl (C=O) groups excluding carboxylic acids is 1. The first-order valence-electron chi connectivity index (χ1n) is 7.07. The van der Waals surface area contributed by atoms with E-state index in [2.05, 4.69) is 10.4 Å². The lowest BCUT2D eigenvalue weighted by molar-refractivity contribution is -0.128. The van der Waals surface area contributed by atoms with Crippen LogP contribution < -0.4 is 5.32 Å². The molecule has 1 aromatic rings. The molecule has 1 aliphatic rings. The minimum atomic E-state index is -0.0823. The van der Waals surface area contributed by atoms with Gasteiger partial charge in [-0.3, -0.25) is 9.48 Å². The van der Waals surface area contributed by atoms with Gasteiger partial charge >= 0.3 is 0 Å². The number of methoxy groups -OCH3 is 1.